The van der Waals surface area contributed by atoms with E-state index in [1.165, 1.54) is 6.21 Å². The molecule has 0 radical (unpaired) electrons. The maximum atomic E-state index is 8.49. The Morgan fingerprint density at radius 3 is 2.46 bits per heavy atom. The second-order valence-corrected chi connectivity index (χ2v) is 5.83. The van der Waals surface area contributed by atoms with Crippen LogP contribution in [0.1, 0.15) is 11.3 Å². The number of thiazole rings is 1. The summed E-state index contributed by atoms with van der Waals surface area (Å²) < 4.78 is 10.9. The molecule has 0 aliphatic carbocycles. The minimum absolute atomic E-state index is 0.403. The van der Waals surface area contributed by atoms with Gasteiger partial charge in [-0.05, 0) is 54.1 Å². The van der Waals surface area contributed by atoms with Gasteiger partial charge in [-0.15, -0.1) is 11.3 Å². The SMILES string of the molecule is COc1ccc(-c2nc(COc3ccc(/C=N/O)cc3)cs2)cc1. The standard InChI is InChI=1S/C18H16N2O3S/c1-22-16-8-4-14(5-9-16)18-20-15(12-24-18)11-23-17-6-2-13(3-7-17)10-19-21/h2-10,12,21H,11H2,1H3/b19-10+. The molecular formula is C18H16N2O3S. The molecular weight excluding hydrogens is 324 g/mol. The van der Waals surface area contributed by atoms with Crippen LogP contribution in [-0.2, 0) is 6.61 Å². The van der Waals surface area contributed by atoms with Crippen LogP contribution < -0.4 is 9.47 Å². The van der Waals surface area contributed by atoms with Gasteiger partial charge in [0.2, 0.25) is 0 Å². The predicted molar refractivity (Wildman–Crippen MR) is 94.3 cm³/mol. The van der Waals surface area contributed by atoms with Gasteiger partial charge in [-0.25, -0.2) is 4.98 Å². The molecule has 1 aromatic heterocycles. The van der Waals surface area contributed by atoms with Gasteiger partial charge in [0.1, 0.15) is 23.1 Å². The van der Waals surface area contributed by atoms with Crippen LogP contribution in [-0.4, -0.2) is 23.5 Å². The van der Waals surface area contributed by atoms with Gasteiger partial charge in [0, 0.05) is 10.9 Å². The zero-order valence-electron chi connectivity index (χ0n) is 13.0. The molecule has 0 unspecified atom stereocenters. The van der Waals surface area contributed by atoms with E-state index in [-0.39, 0.29) is 0 Å². The van der Waals surface area contributed by atoms with Gasteiger partial charge in [-0.3, -0.25) is 0 Å². The number of hydrogen-bond donors (Lipinski definition) is 1. The highest BCUT2D eigenvalue weighted by Crippen LogP contribution is 2.26. The van der Waals surface area contributed by atoms with Crippen LogP contribution >= 0.6 is 11.3 Å². The van der Waals surface area contributed by atoms with Crippen LogP contribution in [0.2, 0.25) is 0 Å². The predicted octanol–water partition coefficient (Wildman–Crippen LogP) is 4.21. The van der Waals surface area contributed by atoms with E-state index in [0.717, 1.165) is 33.3 Å². The summed E-state index contributed by atoms with van der Waals surface area (Å²) in [6, 6.07) is 15.1. The molecule has 3 aromatic rings. The minimum atomic E-state index is 0.403. The van der Waals surface area contributed by atoms with Crippen LogP contribution in [0.15, 0.2) is 59.1 Å². The van der Waals surface area contributed by atoms with Gasteiger partial charge in [0.05, 0.1) is 19.0 Å². The summed E-state index contributed by atoms with van der Waals surface area (Å²) in [5, 5.41) is 14.4. The van der Waals surface area contributed by atoms with E-state index in [2.05, 4.69) is 10.1 Å². The molecule has 0 bridgehead atoms. The number of methoxy groups -OCH3 is 1. The zero-order valence-corrected chi connectivity index (χ0v) is 13.9. The Labute approximate surface area is 143 Å². The van der Waals surface area contributed by atoms with Crippen molar-refractivity contribution in [3.8, 4) is 22.1 Å². The van der Waals surface area contributed by atoms with Crippen LogP contribution in [0, 0.1) is 0 Å². The van der Waals surface area contributed by atoms with Gasteiger partial charge in [-0.1, -0.05) is 5.16 Å². The first kappa shape index (κ1) is 16.0. The van der Waals surface area contributed by atoms with E-state index < -0.39 is 0 Å². The molecule has 0 saturated heterocycles. The third-order valence-electron chi connectivity index (χ3n) is 3.36. The summed E-state index contributed by atoms with van der Waals surface area (Å²) in [4.78, 5) is 4.60. The number of oxime groups is 1. The number of aromatic nitrogens is 1. The molecule has 0 spiro atoms. The third kappa shape index (κ3) is 3.91. The van der Waals surface area contributed by atoms with E-state index in [1.807, 2.05) is 53.9 Å². The average Bonchev–Trinajstić information content (AvgIpc) is 3.10. The summed E-state index contributed by atoms with van der Waals surface area (Å²) in [5.74, 6) is 1.57. The van der Waals surface area contributed by atoms with Crippen LogP contribution in [0.3, 0.4) is 0 Å². The minimum Gasteiger partial charge on any atom is -0.497 e. The smallest absolute Gasteiger partial charge is 0.131 e. The first-order valence-electron chi connectivity index (χ1n) is 7.27. The number of nitrogens with zero attached hydrogens (tertiary/aromatic N) is 2. The van der Waals surface area contributed by atoms with Crippen molar-refractivity contribution in [3.05, 3.63) is 65.2 Å². The highest BCUT2D eigenvalue weighted by atomic mass is 32.1. The molecule has 5 nitrogen and oxygen atoms in total. The monoisotopic (exact) mass is 340 g/mol. The van der Waals surface area contributed by atoms with Gasteiger partial charge >= 0.3 is 0 Å². The molecule has 0 amide bonds. The number of rotatable bonds is 6. The molecule has 3 rings (SSSR count). The Hall–Kier alpha value is -2.86. The molecule has 0 atom stereocenters. The average molecular weight is 340 g/mol. The zero-order chi connectivity index (χ0) is 16.8. The largest absolute Gasteiger partial charge is 0.497 e. The van der Waals surface area contributed by atoms with Crippen molar-refractivity contribution >= 4 is 17.6 Å². The summed E-state index contributed by atoms with van der Waals surface area (Å²) >= 11 is 1.58. The summed E-state index contributed by atoms with van der Waals surface area (Å²) in [5.41, 5.74) is 2.74. The normalized spacial score (nSPS) is 10.9. The van der Waals surface area contributed by atoms with Crippen molar-refractivity contribution in [3.63, 3.8) is 0 Å². The highest BCUT2D eigenvalue weighted by molar-refractivity contribution is 7.13. The fourth-order valence-electron chi connectivity index (χ4n) is 2.11. The quantitative estimate of drug-likeness (QED) is 0.415. The van der Waals surface area contributed by atoms with E-state index in [0.29, 0.717) is 6.61 Å². The van der Waals surface area contributed by atoms with Crippen LogP contribution in [0.5, 0.6) is 11.5 Å². The maximum absolute atomic E-state index is 8.49. The van der Waals surface area contributed by atoms with Crippen molar-refractivity contribution in [2.45, 2.75) is 6.61 Å². The Bertz CT molecular complexity index is 811. The van der Waals surface area contributed by atoms with Crippen molar-refractivity contribution in [1.29, 1.82) is 0 Å². The Balaban J connectivity index is 1.63. The molecule has 122 valence electrons. The molecule has 0 saturated carbocycles. The Kier molecular flexibility index (Phi) is 5.08. The van der Waals surface area contributed by atoms with Gasteiger partial charge in [0.15, 0.2) is 0 Å². The van der Waals surface area contributed by atoms with E-state index in [1.54, 1.807) is 18.4 Å². The van der Waals surface area contributed by atoms with Crippen LogP contribution in [0.25, 0.3) is 10.6 Å². The second kappa shape index (κ2) is 7.61. The Morgan fingerprint density at radius 2 is 1.79 bits per heavy atom. The second-order valence-electron chi connectivity index (χ2n) is 4.97. The lowest BCUT2D eigenvalue weighted by Crippen LogP contribution is -1.96. The van der Waals surface area contributed by atoms with Crippen molar-refractivity contribution in [2.24, 2.45) is 5.16 Å². The number of benzene rings is 2. The van der Waals surface area contributed by atoms with Crippen LogP contribution in [0.4, 0.5) is 0 Å². The third-order valence-corrected chi connectivity index (χ3v) is 4.30. The highest BCUT2D eigenvalue weighted by Gasteiger charge is 2.06. The molecule has 1 heterocycles. The fraction of sp³-hybridized carbons (Fsp3) is 0.111. The van der Waals surface area contributed by atoms with Gasteiger partial charge in [-0.2, -0.15) is 0 Å². The molecule has 0 fully saturated rings. The first-order valence-corrected chi connectivity index (χ1v) is 8.15. The van der Waals surface area contributed by atoms with Crippen molar-refractivity contribution in [2.75, 3.05) is 7.11 Å². The van der Waals surface area contributed by atoms with Gasteiger partial charge < -0.3 is 14.7 Å². The maximum Gasteiger partial charge on any atom is 0.131 e. The summed E-state index contributed by atoms with van der Waals surface area (Å²) in [6.45, 7) is 0.403. The van der Waals surface area contributed by atoms with E-state index >= 15 is 0 Å². The lowest BCUT2D eigenvalue weighted by atomic mass is 10.2. The lowest BCUT2D eigenvalue weighted by Gasteiger charge is -2.04. The molecule has 24 heavy (non-hydrogen) atoms. The number of ether oxygens (including phenoxy) is 2. The first-order chi connectivity index (χ1) is 11.8. The van der Waals surface area contributed by atoms with Gasteiger partial charge in [0.25, 0.3) is 0 Å². The molecule has 6 heteroatoms. The molecule has 1 N–H and O–H groups in total. The molecule has 0 aliphatic rings. The number of hydrogen-bond acceptors (Lipinski definition) is 6. The topological polar surface area (TPSA) is 63.9 Å². The van der Waals surface area contributed by atoms with Crippen molar-refractivity contribution < 1.29 is 14.7 Å². The summed E-state index contributed by atoms with van der Waals surface area (Å²) in [6.07, 6.45) is 1.37. The van der Waals surface area contributed by atoms with Crippen molar-refractivity contribution in [1.82, 2.24) is 4.98 Å². The molecule has 0 aliphatic heterocycles. The van der Waals surface area contributed by atoms with E-state index in [9.17, 15) is 0 Å². The van der Waals surface area contributed by atoms with E-state index in [4.69, 9.17) is 14.7 Å². The fourth-order valence-corrected chi connectivity index (χ4v) is 2.92. The Morgan fingerprint density at radius 1 is 1.08 bits per heavy atom. The lowest BCUT2D eigenvalue weighted by molar-refractivity contribution is 0.302. The summed E-state index contributed by atoms with van der Waals surface area (Å²) in [7, 11) is 1.65. The molecule has 2 aromatic carbocycles.